The number of hydrogen-bond donors (Lipinski definition) is 2. The molecule has 0 bridgehead atoms. The summed E-state index contributed by atoms with van der Waals surface area (Å²) < 4.78 is 0. The Kier molecular flexibility index (Phi) is 5.86. The van der Waals surface area contributed by atoms with E-state index in [4.69, 9.17) is 0 Å². The summed E-state index contributed by atoms with van der Waals surface area (Å²) in [6.07, 6.45) is 0. The molecule has 4 heteroatoms. The van der Waals surface area contributed by atoms with E-state index in [1.54, 1.807) is 11.3 Å². The van der Waals surface area contributed by atoms with Crippen LogP contribution in [0.15, 0.2) is 72.1 Å². The lowest BCUT2D eigenvalue weighted by atomic mass is 10.2. The van der Waals surface area contributed by atoms with Gasteiger partial charge in [-0.25, -0.2) is 0 Å². The molecule has 2 aromatic carbocycles. The Balaban J connectivity index is 1.51. The summed E-state index contributed by atoms with van der Waals surface area (Å²) in [5.74, 6) is 6.23. The lowest BCUT2D eigenvalue weighted by Crippen LogP contribution is -2.29. The number of carbonyl (C=O) groups excluding carboxylic acids is 1. The van der Waals surface area contributed by atoms with Gasteiger partial charge in [0, 0.05) is 17.8 Å². The summed E-state index contributed by atoms with van der Waals surface area (Å²) in [4.78, 5) is 13.0. The fourth-order valence-corrected chi connectivity index (χ4v) is 2.80. The molecular formula is C21H18N2OS. The Morgan fingerprint density at radius 3 is 2.64 bits per heavy atom. The lowest BCUT2D eigenvalue weighted by Gasteiger charge is -2.08. The Labute approximate surface area is 151 Å². The molecule has 0 aliphatic carbocycles. The van der Waals surface area contributed by atoms with Crippen LogP contribution < -0.4 is 10.6 Å². The quantitative estimate of drug-likeness (QED) is 0.689. The van der Waals surface area contributed by atoms with Gasteiger partial charge >= 0.3 is 0 Å². The summed E-state index contributed by atoms with van der Waals surface area (Å²) in [6.45, 7) is 0.766. The summed E-state index contributed by atoms with van der Waals surface area (Å²) in [5.41, 5.74) is 2.89. The summed E-state index contributed by atoms with van der Waals surface area (Å²) in [6, 6.07) is 21.6. The Morgan fingerprint density at radius 1 is 0.960 bits per heavy atom. The van der Waals surface area contributed by atoms with Crippen LogP contribution in [0.1, 0.15) is 16.0 Å². The van der Waals surface area contributed by atoms with Crippen molar-refractivity contribution < 1.29 is 4.79 Å². The molecule has 0 aliphatic rings. The zero-order valence-corrected chi connectivity index (χ0v) is 14.5. The minimum atomic E-state index is -0.0427. The number of nitrogens with one attached hydrogen (secondary N) is 2. The fourth-order valence-electron chi connectivity index (χ4n) is 2.23. The molecule has 0 atom stereocenters. The molecule has 3 nitrogen and oxygen atoms in total. The monoisotopic (exact) mass is 346 g/mol. The maximum atomic E-state index is 12.0. The van der Waals surface area contributed by atoms with Crippen molar-refractivity contribution in [3.05, 3.63) is 88.1 Å². The number of benzene rings is 2. The first-order valence-electron chi connectivity index (χ1n) is 8.00. The van der Waals surface area contributed by atoms with Crippen molar-refractivity contribution in [2.45, 2.75) is 6.54 Å². The third-order valence-electron chi connectivity index (χ3n) is 3.50. The van der Waals surface area contributed by atoms with Gasteiger partial charge in [0.2, 0.25) is 5.91 Å². The van der Waals surface area contributed by atoms with Crippen LogP contribution in [0.3, 0.4) is 0 Å². The van der Waals surface area contributed by atoms with Gasteiger partial charge in [0.1, 0.15) is 0 Å². The molecule has 0 spiro atoms. The number of carbonyl (C=O) groups is 1. The molecule has 0 fully saturated rings. The maximum Gasteiger partial charge on any atom is 0.239 e. The minimum absolute atomic E-state index is 0.0427. The first-order chi connectivity index (χ1) is 12.3. The summed E-state index contributed by atoms with van der Waals surface area (Å²) in [7, 11) is 0. The molecule has 0 saturated carbocycles. The molecule has 124 valence electrons. The van der Waals surface area contributed by atoms with Crippen LogP contribution >= 0.6 is 11.3 Å². The van der Waals surface area contributed by atoms with Gasteiger partial charge in [0.05, 0.1) is 11.4 Å². The molecule has 3 rings (SSSR count). The second-order valence-electron chi connectivity index (χ2n) is 5.42. The highest BCUT2D eigenvalue weighted by molar-refractivity contribution is 7.10. The second-order valence-corrected chi connectivity index (χ2v) is 6.37. The van der Waals surface area contributed by atoms with E-state index >= 15 is 0 Å². The molecular weight excluding hydrogens is 328 g/mol. The zero-order chi connectivity index (χ0) is 17.3. The second kappa shape index (κ2) is 8.72. The molecule has 3 aromatic rings. The molecule has 1 amide bonds. The number of hydrogen-bond acceptors (Lipinski definition) is 3. The molecule has 2 N–H and O–H groups in total. The molecule has 25 heavy (non-hydrogen) atoms. The van der Waals surface area contributed by atoms with E-state index < -0.39 is 0 Å². The average molecular weight is 346 g/mol. The van der Waals surface area contributed by atoms with Crippen LogP contribution in [0.4, 0.5) is 5.69 Å². The van der Waals surface area contributed by atoms with Crippen LogP contribution in [0, 0.1) is 11.8 Å². The predicted molar refractivity (Wildman–Crippen MR) is 104 cm³/mol. The molecule has 0 radical (unpaired) electrons. The highest BCUT2D eigenvalue weighted by Crippen LogP contribution is 2.11. The molecule has 1 aromatic heterocycles. The summed E-state index contributed by atoms with van der Waals surface area (Å²) >= 11 is 1.62. The number of thiophene rings is 1. The average Bonchev–Trinajstić information content (AvgIpc) is 3.18. The van der Waals surface area contributed by atoms with Crippen LogP contribution in [0.5, 0.6) is 0 Å². The Hall–Kier alpha value is -3.03. The molecule has 0 saturated heterocycles. The molecule has 0 unspecified atom stereocenters. The van der Waals surface area contributed by atoms with Crippen molar-refractivity contribution in [1.82, 2.24) is 5.32 Å². The standard InChI is InChI=1S/C21H18N2OS/c24-21(23-15-18-6-2-1-3-7-18)16-22-19-9-4-8-17(14-19)11-12-20-10-5-13-25-20/h1-10,13-14,22H,15-16H2,(H,23,24). The lowest BCUT2D eigenvalue weighted by molar-refractivity contribution is -0.119. The largest absolute Gasteiger partial charge is 0.376 e. The topological polar surface area (TPSA) is 41.1 Å². The van der Waals surface area contributed by atoms with Crippen LogP contribution in [-0.2, 0) is 11.3 Å². The fraction of sp³-hybridized carbons (Fsp3) is 0.0952. The van der Waals surface area contributed by atoms with Crippen molar-refractivity contribution >= 4 is 22.9 Å². The summed E-state index contributed by atoms with van der Waals surface area (Å²) in [5, 5.41) is 8.05. The first kappa shape index (κ1) is 16.8. The van der Waals surface area contributed by atoms with Crippen molar-refractivity contribution in [3.8, 4) is 11.8 Å². The van der Waals surface area contributed by atoms with E-state index in [9.17, 15) is 4.79 Å². The van der Waals surface area contributed by atoms with E-state index in [0.29, 0.717) is 6.54 Å². The van der Waals surface area contributed by atoms with Crippen LogP contribution in [0.25, 0.3) is 0 Å². The SMILES string of the molecule is O=C(CNc1cccc(C#Cc2cccs2)c1)NCc1ccccc1. The van der Waals surface area contributed by atoms with Gasteiger partial charge in [0.15, 0.2) is 0 Å². The van der Waals surface area contributed by atoms with Gasteiger partial charge < -0.3 is 10.6 Å². The smallest absolute Gasteiger partial charge is 0.239 e. The van der Waals surface area contributed by atoms with E-state index in [2.05, 4.69) is 22.5 Å². The van der Waals surface area contributed by atoms with Crippen molar-refractivity contribution in [1.29, 1.82) is 0 Å². The molecule has 0 aliphatic heterocycles. The molecule has 1 heterocycles. The number of anilines is 1. The van der Waals surface area contributed by atoms with Crippen molar-refractivity contribution in [3.63, 3.8) is 0 Å². The Bertz CT molecular complexity index is 877. The maximum absolute atomic E-state index is 12.0. The van der Waals surface area contributed by atoms with Crippen LogP contribution in [0.2, 0.25) is 0 Å². The van der Waals surface area contributed by atoms with E-state index in [1.165, 1.54) is 0 Å². The minimum Gasteiger partial charge on any atom is -0.376 e. The van der Waals surface area contributed by atoms with Crippen molar-refractivity contribution in [2.24, 2.45) is 0 Å². The third-order valence-corrected chi connectivity index (χ3v) is 4.28. The third kappa shape index (κ3) is 5.52. The van der Waals surface area contributed by atoms with E-state index in [1.807, 2.05) is 72.1 Å². The van der Waals surface area contributed by atoms with Gasteiger partial charge in [0.25, 0.3) is 0 Å². The van der Waals surface area contributed by atoms with Crippen LogP contribution in [-0.4, -0.2) is 12.5 Å². The van der Waals surface area contributed by atoms with E-state index in [0.717, 1.165) is 21.7 Å². The Morgan fingerprint density at radius 2 is 1.84 bits per heavy atom. The highest BCUT2D eigenvalue weighted by atomic mass is 32.1. The highest BCUT2D eigenvalue weighted by Gasteiger charge is 2.01. The normalized spacial score (nSPS) is 9.76. The number of rotatable bonds is 5. The number of amides is 1. The first-order valence-corrected chi connectivity index (χ1v) is 8.88. The predicted octanol–water partition coefficient (Wildman–Crippen LogP) is 3.88. The van der Waals surface area contributed by atoms with Gasteiger partial charge in [-0.05, 0) is 35.2 Å². The van der Waals surface area contributed by atoms with Gasteiger partial charge in [-0.2, -0.15) is 0 Å². The van der Waals surface area contributed by atoms with Gasteiger partial charge in [-0.1, -0.05) is 54.3 Å². The van der Waals surface area contributed by atoms with Crippen molar-refractivity contribution in [2.75, 3.05) is 11.9 Å². The zero-order valence-electron chi connectivity index (χ0n) is 13.7. The van der Waals surface area contributed by atoms with E-state index in [-0.39, 0.29) is 12.5 Å². The van der Waals surface area contributed by atoms with Gasteiger partial charge in [-0.15, -0.1) is 11.3 Å². The van der Waals surface area contributed by atoms with Gasteiger partial charge in [-0.3, -0.25) is 4.79 Å².